The summed E-state index contributed by atoms with van der Waals surface area (Å²) in [6, 6.07) is 3.90. The van der Waals surface area contributed by atoms with Crippen LogP contribution in [0.15, 0.2) is 18.3 Å². The van der Waals surface area contributed by atoms with Gasteiger partial charge in [-0.1, -0.05) is 0 Å². The predicted molar refractivity (Wildman–Crippen MR) is 75.3 cm³/mol. The molecule has 3 heterocycles. The summed E-state index contributed by atoms with van der Waals surface area (Å²) in [5, 5.41) is 0. The Morgan fingerprint density at radius 3 is 2.90 bits per heavy atom. The summed E-state index contributed by atoms with van der Waals surface area (Å²) >= 11 is 0. The van der Waals surface area contributed by atoms with Crippen LogP contribution in [-0.4, -0.2) is 66.1 Å². The van der Waals surface area contributed by atoms with Crippen LogP contribution in [0.1, 0.15) is 16.9 Å². The molecule has 0 aliphatic carbocycles. The number of anilines is 1. The molecule has 0 saturated carbocycles. The highest BCUT2D eigenvalue weighted by atomic mass is 16.5. The minimum atomic E-state index is -0.0566. The van der Waals surface area contributed by atoms with Crippen molar-refractivity contribution in [1.82, 2.24) is 14.8 Å². The summed E-state index contributed by atoms with van der Waals surface area (Å²) in [6.07, 6.45) is 2.62. The van der Waals surface area contributed by atoms with Crippen LogP contribution in [0, 0.1) is 0 Å². The van der Waals surface area contributed by atoms with Gasteiger partial charge in [0.25, 0.3) is 5.91 Å². The number of nitrogens with two attached hydrogens (primary N) is 1. The molecule has 6 heteroatoms. The van der Waals surface area contributed by atoms with Crippen molar-refractivity contribution in [1.29, 1.82) is 0 Å². The lowest BCUT2D eigenvalue weighted by Gasteiger charge is -2.32. The molecular formula is C14H20N4O2. The van der Waals surface area contributed by atoms with E-state index in [1.807, 2.05) is 4.90 Å². The smallest absolute Gasteiger partial charge is 0.274 e. The van der Waals surface area contributed by atoms with Crippen molar-refractivity contribution < 1.29 is 9.53 Å². The van der Waals surface area contributed by atoms with E-state index in [9.17, 15) is 4.79 Å². The molecule has 20 heavy (non-hydrogen) atoms. The summed E-state index contributed by atoms with van der Waals surface area (Å²) in [7, 11) is 0. The lowest BCUT2D eigenvalue weighted by atomic mass is 10.2. The highest BCUT2D eigenvalue weighted by Crippen LogP contribution is 2.20. The van der Waals surface area contributed by atoms with E-state index in [4.69, 9.17) is 10.5 Å². The molecule has 1 aromatic rings. The van der Waals surface area contributed by atoms with Gasteiger partial charge in [0.2, 0.25) is 0 Å². The van der Waals surface area contributed by atoms with Gasteiger partial charge in [0.15, 0.2) is 5.69 Å². The second-order valence-electron chi connectivity index (χ2n) is 5.28. The van der Waals surface area contributed by atoms with Crippen molar-refractivity contribution in [3.8, 4) is 0 Å². The second kappa shape index (κ2) is 5.76. The Balaban J connectivity index is 1.65. The molecule has 2 N–H and O–H groups in total. The fraction of sp³-hybridized carbons (Fsp3) is 0.571. The number of nitrogen functional groups attached to an aromatic ring is 1. The Kier molecular flexibility index (Phi) is 3.84. The van der Waals surface area contributed by atoms with E-state index in [-0.39, 0.29) is 5.91 Å². The van der Waals surface area contributed by atoms with Crippen molar-refractivity contribution in [2.75, 3.05) is 45.1 Å². The average Bonchev–Trinajstić information content (AvgIpc) is 2.98. The SMILES string of the molecule is Nc1cccnc1C(=O)N1CCC(N2CCOCC2)C1. The standard InChI is InChI=1S/C14H20N4O2/c15-12-2-1-4-16-13(12)14(19)18-5-3-11(10-18)17-6-8-20-9-7-17/h1-2,4,11H,3,5-10,15H2. The maximum absolute atomic E-state index is 12.4. The molecule has 2 saturated heterocycles. The zero-order chi connectivity index (χ0) is 13.9. The van der Waals surface area contributed by atoms with Crippen LogP contribution in [0.25, 0.3) is 0 Å². The van der Waals surface area contributed by atoms with Crippen molar-refractivity contribution in [2.45, 2.75) is 12.5 Å². The van der Waals surface area contributed by atoms with Gasteiger partial charge in [-0.05, 0) is 18.6 Å². The number of morpholine rings is 1. The molecule has 0 radical (unpaired) electrons. The van der Waals surface area contributed by atoms with E-state index in [2.05, 4.69) is 9.88 Å². The van der Waals surface area contributed by atoms with Crippen molar-refractivity contribution >= 4 is 11.6 Å². The van der Waals surface area contributed by atoms with E-state index < -0.39 is 0 Å². The molecule has 1 atom stereocenters. The zero-order valence-electron chi connectivity index (χ0n) is 11.5. The summed E-state index contributed by atoms with van der Waals surface area (Å²) in [5.74, 6) is -0.0566. The second-order valence-corrected chi connectivity index (χ2v) is 5.28. The number of likely N-dealkylation sites (tertiary alicyclic amines) is 1. The van der Waals surface area contributed by atoms with E-state index >= 15 is 0 Å². The number of nitrogens with zero attached hydrogens (tertiary/aromatic N) is 3. The van der Waals surface area contributed by atoms with E-state index in [0.717, 1.165) is 45.8 Å². The first kappa shape index (κ1) is 13.3. The van der Waals surface area contributed by atoms with Crippen LogP contribution >= 0.6 is 0 Å². The molecule has 1 unspecified atom stereocenters. The summed E-state index contributed by atoms with van der Waals surface area (Å²) < 4.78 is 5.37. The van der Waals surface area contributed by atoms with Gasteiger partial charge in [0, 0.05) is 38.4 Å². The van der Waals surface area contributed by atoms with E-state index in [1.165, 1.54) is 0 Å². The zero-order valence-corrected chi connectivity index (χ0v) is 11.5. The molecular weight excluding hydrogens is 256 g/mol. The highest BCUT2D eigenvalue weighted by Gasteiger charge is 2.32. The van der Waals surface area contributed by atoms with Crippen LogP contribution in [-0.2, 0) is 4.74 Å². The summed E-state index contributed by atoms with van der Waals surface area (Å²) in [4.78, 5) is 20.8. The first-order valence-corrected chi connectivity index (χ1v) is 7.07. The number of rotatable bonds is 2. The monoisotopic (exact) mass is 276 g/mol. The molecule has 2 fully saturated rings. The predicted octanol–water partition coefficient (Wildman–Crippen LogP) is 0.211. The normalized spacial score (nSPS) is 24.0. The van der Waals surface area contributed by atoms with Gasteiger partial charge in [-0.3, -0.25) is 9.69 Å². The average molecular weight is 276 g/mol. The molecule has 6 nitrogen and oxygen atoms in total. The molecule has 3 rings (SSSR count). The minimum absolute atomic E-state index is 0.0566. The van der Waals surface area contributed by atoms with Crippen LogP contribution in [0.5, 0.6) is 0 Å². The van der Waals surface area contributed by atoms with Crippen molar-refractivity contribution in [3.05, 3.63) is 24.0 Å². The maximum Gasteiger partial charge on any atom is 0.274 e. The van der Waals surface area contributed by atoms with Crippen molar-refractivity contribution in [3.63, 3.8) is 0 Å². The highest BCUT2D eigenvalue weighted by molar-refractivity contribution is 5.97. The first-order chi connectivity index (χ1) is 9.75. The minimum Gasteiger partial charge on any atom is -0.397 e. The summed E-state index contributed by atoms with van der Waals surface area (Å²) in [6.45, 7) is 5.03. The van der Waals surface area contributed by atoms with Crippen molar-refractivity contribution in [2.24, 2.45) is 0 Å². The van der Waals surface area contributed by atoms with Gasteiger partial charge in [-0.25, -0.2) is 4.98 Å². The largest absolute Gasteiger partial charge is 0.397 e. The summed E-state index contributed by atoms with van der Waals surface area (Å²) in [5.41, 5.74) is 6.65. The molecule has 1 amide bonds. The number of carbonyl (C=O) groups excluding carboxylic acids is 1. The third-order valence-corrected chi connectivity index (χ3v) is 4.05. The lowest BCUT2D eigenvalue weighted by Crippen LogP contribution is -2.45. The molecule has 2 aliphatic heterocycles. The van der Waals surface area contributed by atoms with Crippen LogP contribution in [0.2, 0.25) is 0 Å². The van der Waals surface area contributed by atoms with Gasteiger partial charge in [-0.15, -0.1) is 0 Å². The number of pyridine rings is 1. The van der Waals surface area contributed by atoms with Crippen LogP contribution in [0.3, 0.4) is 0 Å². The molecule has 2 aliphatic rings. The fourth-order valence-corrected chi connectivity index (χ4v) is 2.91. The Labute approximate surface area is 118 Å². The molecule has 0 spiro atoms. The Morgan fingerprint density at radius 2 is 2.15 bits per heavy atom. The maximum atomic E-state index is 12.4. The van der Waals surface area contributed by atoms with Gasteiger partial charge >= 0.3 is 0 Å². The third kappa shape index (κ3) is 2.62. The van der Waals surface area contributed by atoms with Gasteiger partial charge in [0.1, 0.15) is 0 Å². The van der Waals surface area contributed by atoms with E-state index in [1.54, 1.807) is 18.3 Å². The quantitative estimate of drug-likeness (QED) is 0.836. The van der Waals surface area contributed by atoms with Crippen LogP contribution in [0.4, 0.5) is 5.69 Å². The van der Waals surface area contributed by atoms with Crippen LogP contribution < -0.4 is 5.73 Å². The Hall–Kier alpha value is -1.66. The van der Waals surface area contributed by atoms with Gasteiger partial charge in [0.05, 0.1) is 18.9 Å². The van der Waals surface area contributed by atoms with E-state index in [0.29, 0.717) is 17.4 Å². The number of aromatic nitrogens is 1. The Morgan fingerprint density at radius 1 is 1.35 bits per heavy atom. The molecule has 1 aromatic heterocycles. The Bertz CT molecular complexity index is 488. The molecule has 0 bridgehead atoms. The number of hydrogen-bond donors (Lipinski definition) is 1. The lowest BCUT2D eigenvalue weighted by molar-refractivity contribution is 0.0185. The topological polar surface area (TPSA) is 71.7 Å². The number of amides is 1. The fourth-order valence-electron chi connectivity index (χ4n) is 2.91. The van der Waals surface area contributed by atoms with Gasteiger partial charge in [-0.2, -0.15) is 0 Å². The number of hydrogen-bond acceptors (Lipinski definition) is 5. The molecule has 0 aromatic carbocycles. The first-order valence-electron chi connectivity index (χ1n) is 7.07. The number of ether oxygens (including phenoxy) is 1. The molecule has 108 valence electrons. The third-order valence-electron chi connectivity index (χ3n) is 4.05. The van der Waals surface area contributed by atoms with Gasteiger partial charge < -0.3 is 15.4 Å². The number of carbonyl (C=O) groups is 1.